The van der Waals surface area contributed by atoms with Crippen LogP contribution in [0.25, 0.3) is 0 Å². The molecule has 1 aliphatic heterocycles. The van der Waals surface area contributed by atoms with Gasteiger partial charge in [-0.15, -0.1) is 0 Å². The van der Waals surface area contributed by atoms with Crippen molar-refractivity contribution in [3.05, 3.63) is 28.8 Å². The molecule has 2 fully saturated rings. The molecule has 26 heavy (non-hydrogen) atoms. The largest absolute Gasteiger partial charge is 0.368 e. The number of urea groups is 1. The number of anilines is 1. The van der Waals surface area contributed by atoms with E-state index in [2.05, 4.69) is 21.2 Å². The lowest BCUT2D eigenvalue weighted by molar-refractivity contribution is 0.207. The Morgan fingerprint density at radius 3 is 2.62 bits per heavy atom. The molecule has 1 saturated heterocycles. The molecule has 3 N–H and O–H groups in total. The second-order valence-electron chi connectivity index (χ2n) is 7.43. The van der Waals surface area contributed by atoms with Crippen molar-refractivity contribution in [3.8, 4) is 0 Å². The number of nitrogens with zero attached hydrogens (tertiary/aromatic N) is 2. The van der Waals surface area contributed by atoms with Crippen LogP contribution in [0.2, 0.25) is 5.02 Å². The molecule has 1 aliphatic carbocycles. The number of hydrogen-bond acceptors (Lipinski definition) is 3. The van der Waals surface area contributed by atoms with Gasteiger partial charge in [-0.2, -0.15) is 0 Å². The quantitative estimate of drug-likeness (QED) is 0.823. The summed E-state index contributed by atoms with van der Waals surface area (Å²) in [6.45, 7) is 5.86. The van der Waals surface area contributed by atoms with Crippen molar-refractivity contribution in [1.82, 2.24) is 10.2 Å². The van der Waals surface area contributed by atoms with Gasteiger partial charge in [0.05, 0.1) is 10.7 Å². The molecule has 0 radical (unpaired) electrons. The Hall–Kier alpha value is -1.46. The Labute approximate surface area is 164 Å². The van der Waals surface area contributed by atoms with E-state index in [0.29, 0.717) is 6.54 Å². The first kappa shape index (κ1) is 16.7. The van der Waals surface area contributed by atoms with E-state index in [9.17, 15) is 4.79 Å². The van der Waals surface area contributed by atoms with Crippen LogP contribution in [0.5, 0.6) is 0 Å². The number of amides is 2. The lowest BCUT2D eigenvalue weighted by Gasteiger charge is -2.37. The zero-order valence-corrected chi connectivity index (χ0v) is 16.3. The van der Waals surface area contributed by atoms with Gasteiger partial charge >= 0.3 is 6.03 Å². The highest BCUT2D eigenvalue weighted by atomic mass is 35.5. The third-order valence-electron chi connectivity index (χ3n) is 5.56. The molecule has 0 unspecified atom stereocenters. The molecule has 2 aliphatic rings. The monoisotopic (exact) mass is 380 g/mol. The molecule has 3 rings (SSSR count). The lowest BCUT2D eigenvalue weighted by atomic mass is 9.84. The van der Waals surface area contributed by atoms with Gasteiger partial charge in [-0.05, 0) is 63.1 Å². The van der Waals surface area contributed by atoms with Crippen molar-refractivity contribution in [3.63, 3.8) is 0 Å². The summed E-state index contributed by atoms with van der Waals surface area (Å²) < 4.78 is 17.2. The fourth-order valence-electron chi connectivity index (χ4n) is 3.92. The number of piperazine rings is 1. The van der Waals surface area contributed by atoms with Gasteiger partial charge in [0.1, 0.15) is 0 Å². The van der Waals surface area contributed by atoms with Crippen molar-refractivity contribution in [1.29, 1.82) is 0 Å². The van der Waals surface area contributed by atoms with E-state index in [0.717, 1.165) is 68.1 Å². The number of nitrogens with one attached hydrogen (secondary N) is 1. The average Bonchev–Trinajstić information content (AvgIpc) is 2.64. The first-order valence-corrected chi connectivity index (χ1v) is 9.92. The second-order valence-corrected chi connectivity index (χ2v) is 7.81. The normalized spacial score (nSPS) is 26.2. The Balaban J connectivity index is 1.50. The maximum Gasteiger partial charge on any atom is 0.312 e. The number of primary amides is 1. The van der Waals surface area contributed by atoms with Crippen LogP contribution >= 0.6 is 11.6 Å². The maximum absolute atomic E-state index is 11.0. The molecule has 5 nitrogen and oxygen atoms in total. The van der Waals surface area contributed by atoms with Gasteiger partial charge in [-0.25, -0.2) is 4.79 Å². The maximum atomic E-state index is 11.0. The van der Waals surface area contributed by atoms with Crippen molar-refractivity contribution in [2.75, 3.05) is 37.6 Å². The summed E-state index contributed by atoms with van der Waals surface area (Å²) in [6.07, 6.45) is 1.95. The first-order chi connectivity index (χ1) is 13.3. The van der Waals surface area contributed by atoms with Crippen LogP contribution in [0, 0.1) is 12.8 Å². The van der Waals surface area contributed by atoms with Crippen molar-refractivity contribution < 1.29 is 7.54 Å². The number of hydrogen-bond donors (Lipinski definition) is 2. The van der Waals surface area contributed by atoms with Gasteiger partial charge in [0.15, 0.2) is 0 Å². The van der Waals surface area contributed by atoms with E-state index in [4.69, 9.17) is 20.1 Å². The fraction of sp³-hybridized carbons (Fsp3) is 0.650. The van der Waals surface area contributed by atoms with Crippen molar-refractivity contribution in [2.24, 2.45) is 11.7 Å². The van der Waals surface area contributed by atoms with Crippen LogP contribution in [-0.4, -0.2) is 49.7 Å². The Kier molecular flexibility index (Phi) is 5.75. The number of halogens is 1. The van der Waals surface area contributed by atoms with Crippen molar-refractivity contribution in [2.45, 2.75) is 45.0 Å². The molecule has 1 saturated carbocycles. The fourth-order valence-corrected chi connectivity index (χ4v) is 4.17. The highest BCUT2D eigenvalue weighted by Gasteiger charge is 2.24. The van der Waals surface area contributed by atoms with E-state index >= 15 is 0 Å². The summed E-state index contributed by atoms with van der Waals surface area (Å²) in [5, 5.41) is 3.57. The van der Waals surface area contributed by atoms with E-state index in [1.807, 2.05) is 19.1 Å². The highest BCUT2D eigenvalue weighted by Crippen LogP contribution is 2.30. The van der Waals surface area contributed by atoms with E-state index in [1.54, 1.807) is 0 Å². The Morgan fingerprint density at radius 1 is 1.27 bits per heavy atom. The van der Waals surface area contributed by atoms with E-state index in [-0.39, 0.29) is 12.0 Å². The van der Waals surface area contributed by atoms with Crippen LogP contribution in [0.4, 0.5) is 10.5 Å². The SMILES string of the molecule is [2H]C([2H])(CN1CCN(c2cccc(C)c2Cl)CC1)C1CCC(NC(N)=O)CC1. The predicted octanol–water partition coefficient (Wildman–Crippen LogP) is 3.39. The number of carbonyl (C=O) groups excluding carboxylic acids is 1. The molecule has 1 aromatic carbocycles. The zero-order valence-electron chi connectivity index (χ0n) is 17.5. The number of nitrogens with two attached hydrogens (primary N) is 1. The summed E-state index contributed by atoms with van der Waals surface area (Å²) >= 11 is 6.46. The summed E-state index contributed by atoms with van der Waals surface area (Å²) in [4.78, 5) is 15.5. The zero-order chi connectivity index (χ0) is 20.3. The van der Waals surface area contributed by atoms with Crippen LogP contribution in [0.1, 0.15) is 40.4 Å². The molecule has 0 bridgehead atoms. The molecule has 144 valence electrons. The number of carbonyl (C=O) groups is 1. The van der Waals surface area contributed by atoms with Crippen LogP contribution in [0.3, 0.4) is 0 Å². The third-order valence-corrected chi connectivity index (χ3v) is 6.05. The standard InChI is InChI=1S/C20H31ClN4O/c1-15-3-2-4-18(19(15)21)25-13-11-24(12-14-25)10-9-16-5-7-17(8-6-16)23-20(22)26/h2-4,16-17H,5-14H2,1H3,(H3,22,23,26)/i9D2. The molecular formula is C20H31ClN4O. The van der Waals surface area contributed by atoms with Gasteiger partial charge in [-0.1, -0.05) is 23.7 Å². The van der Waals surface area contributed by atoms with Crippen LogP contribution in [-0.2, 0) is 0 Å². The summed E-state index contributed by atoms with van der Waals surface area (Å²) in [6, 6.07) is 5.71. The first-order valence-electron chi connectivity index (χ1n) is 10.5. The van der Waals surface area contributed by atoms with Gasteiger partial charge < -0.3 is 16.0 Å². The third kappa shape index (κ3) is 5.04. The molecule has 0 aromatic heterocycles. The topological polar surface area (TPSA) is 61.6 Å². The summed E-state index contributed by atoms with van der Waals surface area (Å²) in [5.41, 5.74) is 7.35. The number of benzene rings is 1. The van der Waals surface area contributed by atoms with Gasteiger partial charge in [0.2, 0.25) is 0 Å². The van der Waals surface area contributed by atoms with Gasteiger partial charge in [0, 0.05) is 35.0 Å². The minimum atomic E-state index is -1.22. The minimum Gasteiger partial charge on any atom is -0.368 e. The second kappa shape index (κ2) is 8.96. The molecule has 1 heterocycles. The molecule has 1 aromatic rings. The number of aryl methyl sites for hydroxylation is 1. The Bertz CT molecular complexity index is 687. The molecule has 0 atom stereocenters. The van der Waals surface area contributed by atoms with Crippen molar-refractivity contribution >= 4 is 23.3 Å². The highest BCUT2D eigenvalue weighted by molar-refractivity contribution is 6.34. The lowest BCUT2D eigenvalue weighted by Crippen LogP contribution is -2.47. The predicted molar refractivity (Wildman–Crippen MR) is 108 cm³/mol. The van der Waals surface area contributed by atoms with E-state index in [1.165, 1.54) is 0 Å². The molecular weight excluding hydrogens is 348 g/mol. The number of rotatable bonds is 5. The summed E-state index contributed by atoms with van der Waals surface area (Å²) in [5.74, 6) is 0.0303. The summed E-state index contributed by atoms with van der Waals surface area (Å²) in [7, 11) is 0. The van der Waals surface area contributed by atoms with Crippen LogP contribution in [0.15, 0.2) is 18.2 Å². The van der Waals surface area contributed by atoms with Gasteiger partial charge in [-0.3, -0.25) is 4.90 Å². The minimum absolute atomic E-state index is 0.0303. The smallest absolute Gasteiger partial charge is 0.312 e. The molecule has 2 amide bonds. The Morgan fingerprint density at radius 2 is 1.96 bits per heavy atom. The van der Waals surface area contributed by atoms with Crippen LogP contribution < -0.4 is 16.0 Å². The van der Waals surface area contributed by atoms with E-state index < -0.39 is 12.4 Å². The molecule has 6 heteroatoms. The average molecular weight is 381 g/mol. The van der Waals surface area contributed by atoms with Gasteiger partial charge in [0.25, 0.3) is 0 Å². The molecule has 0 spiro atoms.